The second-order valence-electron chi connectivity index (χ2n) is 7.85. The van der Waals surface area contributed by atoms with Gasteiger partial charge >= 0.3 is 0 Å². The molecule has 30 heavy (non-hydrogen) atoms. The average molecular weight is 532 g/mol. The first-order valence-corrected chi connectivity index (χ1v) is 10.6. The van der Waals surface area contributed by atoms with Crippen LogP contribution in [-0.2, 0) is 17.7 Å². The van der Waals surface area contributed by atoms with E-state index < -0.39 is 0 Å². The van der Waals surface area contributed by atoms with Crippen LogP contribution in [0.1, 0.15) is 24.0 Å². The molecule has 1 saturated heterocycles. The molecule has 1 fully saturated rings. The Bertz CT molecular complexity index is 693. The van der Waals surface area contributed by atoms with E-state index in [1.807, 2.05) is 7.05 Å². The van der Waals surface area contributed by atoms with Crippen LogP contribution in [0.5, 0.6) is 11.5 Å². The van der Waals surface area contributed by atoms with Crippen LogP contribution in [0.25, 0.3) is 0 Å². The van der Waals surface area contributed by atoms with Crippen molar-refractivity contribution in [2.75, 3.05) is 67.7 Å². The molecule has 170 valence electrons. The van der Waals surface area contributed by atoms with Gasteiger partial charge < -0.3 is 29.3 Å². The summed E-state index contributed by atoms with van der Waals surface area (Å²) < 4.78 is 16.1. The van der Waals surface area contributed by atoms with Crippen molar-refractivity contribution in [1.29, 1.82) is 0 Å². The number of nitrogens with zero attached hydrogens (tertiary/aromatic N) is 3. The third kappa shape index (κ3) is 6.37. The Morgan fingerprint density at radius 2 is 1.73 bits per heavy atom. The number of guanidine groups is 1. The lowest BCUT2D eigenvalue weighted by molar-refractivity contribution is 0.120. The number of nitrogens with one attached hydrogen (secondary N) is 1. The van der Waals surface area contributed by atoms with Gasteiger partial charge in [0.2, 0.25) is 0 Å². The number of methoxy groups -OCH3 is 3. The molecule has 0 spiro atoms. The van der Waals surface area contributed by atoms with Crippen molar-refractivity contribution in [2.24, 2.45) is 10.9 Å². The van der Waals surface area contributed by atoms with Crippen molar-refractivity contribution in [1.82, 2.24) is 15.1 Å². The molecule has 1 aromatic rings. The summed E-state index contributed by atoms with van der Waals surface area (Å²) in [5, 5.41) is 3.63. The Labute approximate surface area is 198 Å². The van der Waals surface area contributed by atoms with Crippen LogP contribution in [0.3, 0.4) is 0 Å². The molecule has 0 radical (unpaired) electrons. The summed E-state index contributed by atoms with van der Waals surface area (Å²) >= 11 is 0. The van der Waals surface area contributed by atoms with E-state index in [9.17, 15) is 0 Å². The zero-order valence-corrected chi connectivity index (χ0v) is 21.1. The number of aliphatic imine (C=N–C) groups is 1. The summed E-state index contributed by atoms with van der Waals surface area (Å²) in [4.78, 5) is 9.38. The monoisotopic (exact) mass is 532 g/mol. The SMILES string of the molecule is CN=C(NCC1CCN(CCOC)CC1)N1CCc2cc(OC)c(OC)cc2C1.I. The summed E-state index contributed by atoms with van der Waals surface area (Å²) in [6.07, 6.45) is 3.44. The van der Waals surface area contributed by atoms with Crippen LogP contribution in [0.15, 0.2) is 17.1 Å². The highest BCUT2D eigenvalue weighted by Crippen LogP contribution is 2.33. The highest BCUT2D eigenvalue weighted by Gasteiger charge is 2.23. The van der Waals surface area contributed by atoms with Crippen LogP contribution in [0.2, 0.25) is 0 Å². The van der Waals surface area contributed by atoms with Crippen molar-refractivity contribution < 1.29 is 14.2 Å². The van der Waals surface area contributed by atoms with Gasteiger partial charge in [-0.2, -0.15) is 0 Å². The zero-order valence-electron chi connectivity index (χ0n) is 18.8. The van der Waals surface area contributed by atoms with Gasteiger partial charge in [-0.05, 0) is 61.5 Å². The number of rotatable bonds is 7. The van der Waals surface area contributed by atoms with Gasteiger partial charge in [0.1, 0.15) is 0 Å². The van der Waals surface area contributed by atoms with Gasteiger partial charge in [0.25, 0.3) is 0 Å². The Morgan fingerprint density at radius 3 is 2.33 bits per heavy atom. The molecule has 1 aromatic carbocycles. The quantitative estimate of drug-likeness (QED) is 0.331. The van der Waals surface area contributed by atoms with E-state index in [0.29, 0.717) is 5.92 Å². The molecule has 2 aliphatic heterocycles. The fourth-order valence-electron chi connectivity index (χ4n) is 4.27. The first-order valence-electron chi connectivity index (χ1n) is 10.6. The van der Waals surface area contributed by atoms with E-state index in [0.717, 1.165) is 69.8 Å². The predicted molar refractivity (Wildman–Crippen MR) is 131 cm³/mol. The number of benzene rings is 1. The van der Waals surface area contributed by atoms with Gasteiger partial charge in [-0.15, -0.1) is 24.0 Å². The first kappa shape index (κ1) is 25.0. The molecule has 0 amide bonds. The molecule has 0 aromatic heterocycles. The van der Waals surface area contributed by atoms with E-state index in [1.165, 1.54) is 24.0 Å². The number of likely N-dealkylation sites (tertiary alicyclic amines) is 1. The molecule has 8 heteroatoms. The second-order valence-corrected chi connectivity index (χ2v) is 7.85. The maximum absolute atomic E-state index is 5.48. The van der Waals surface area contributed by atoms with Crippen molar-refractivity contribution >= 4 is 29.9 Å². The molecule has 7 nitrogen and oxygen atoms in total. The number of fused-ring (bicyclic) bond motifs is 1. The Kier molecular flexibility index (Phi) is 10.5. The van der Waals surface area contributed by atoms with E-state index in [4.69, 9.17) is 14.2 Å². The van der Waals surface area contributed by atoms with Crippen molar-refractivity contribution in [2.45, 2.75) is 25.8 Å². The standard InChI is InChI=1S/C22H36N4O3.HI/c1-23-22(24-15-17-5-8-25(9-6-17)11-12-27-2)26-10-7-18-13-20(28-3)21(29-4)14-19(18)16-26;/h13-14,17H,5-12,15-16H2,1-4H3,(H,23,24);1H. The van der Waals surface area contributed by atoms with Crippen LogP contribution in [0, 0.1) is 5.92 Å². The van der Waals surface area contributed by atoms with Gasteiger partial charge in [0, 0.05) is 40.3 Å². The van der Waals surface area contributed by atoms with E-state index in [1.54, 1.807) is 21.3 Å². The van der Waals surface area contributed by atoms with Gasteiger partial charge in [-0.3, -0.25) is 4.99 Å². The van der Waals surface area contributed by atoms with Crippen molar-refractivity contribution in [3.63, 3.8) is 0 Å². The number of hydrogen-bond acceptors (Lipinski definition) is 5. The maximum Gasteiger partial charge on any atom is 0.193 e. The third-order valence-electron chi connectivity index (χ3n) is 6.10. The highest BCUT2D eigenvalue weighted by molar-refractivity contribution is 14.0. The minimum atomic E-state index is 0. The summed E-state index contributed by atoms with van der Waals surface area (Å²) in [6, 6.07) is 4.21. The summed E-state index contributed by atoms with van der Waals surface area (Å²) in [7, 11) is 7.02. The van der Waals surface area contributed by atoms with Crippen LogP contribution >= 0.6 is 24.0 Å². The van der Waals surface area contributed by atoms with Gasteiger partial charge in [0.15, 0.2) is 17.5 Å². The van der Waals surface area contributed by atoms with Crippen molar-refractivity contribution in [3.8, 4) is 11.5 Å². The smallest absolute Gasteiger partial charge is 0.193 e. The molecule has 2 aliphatic rings. The lowest BCUT2D eigenvalue weighted by atomic mass is 9.96. The normalized spacial score (nSPS) is 17.9. The van der Waals surface area contributed by atoms with Gasteiger partial charge in [-0.25, -0.2) is 0 Å². The molecular weight excluding hydrogens is 495 g/mol. The molecule has 0 saturated carbocycles. The number of ether oxygens (including phenoxy) is 3. The molecular formula is C22H37IN4O3. The minimum Gasteiger partial charge on any atom is -0.493 e. The largest absolute Gasteiger partial charge is 0.493 e. The molecule has 3 rings (SSSR count). The Balaban J connectivity index is 0.00000320. The molecule has 0 bridgehead atoms. The van der Waals surface area contributed by atoms with E-state index in [-0.39, 0.29) is 24.0 Å². The predicted octanol–water partition coefficient (Wildman–Crippen LogP) is 2.61. The first-order chi connectivity index (χ1) is 14.2. The Hall–Kier alpha value is -1.26. The minimum absolute atomic E-state index is 0. The van der Waals surface area contributed by atoms with E-state index in [2.05, 4.69) is 32.2 Å². The second kappa shape index (κ2) is 12.6. The molecule has 0 aliphatic carbocycles. The summed E-state index contributed by atoms with van der Waals surface area (Å²) in [5.74, 6) is 3.29. The number of halogens is 1. The highest BCUT2D eigenvalue weighted by atomic mass is 127. The fourth-order valence-corrected chi connectivity index (χ4v) is 4.27. The number of piperidine rings is 1. The average Bonchev–Trinajstić information content (AvgIpc) is 2.77. The molecule has 0 atom stereocenters. The van der Waals surface area contributed by atoms with Crippen LogP contribution < -0.4 is 14.8 Å². The summed E-state index contributed by atoms with van der Waals surface area (Å²) in [5.41, 5.74) is 2.61. The lowest BCUT2D eigenvalue weighted by Crippen LogP contribution is -2.46. The topological polar surface area (TPSA) is 58.6 Å². The molecule has 2 heterocycles. The summed E-state index contributed by atoms with van der Waals surface area (Å²) in [6.45, 7) is 6.96. The van der Waals surface area contributed by atoms with E-state index >= 15 is 0 Å². The zero-order chi connectivity index (χ0) is 20.6. The molecule has 0 unspecified atom stereocenters. The van der Waals surface area contributed by atoms with Crippen molar-refractivity contribution in [3.05, 3.63) is 23.3 Å². The number of hydrogen-bond donors (Lipinski definition) is 1. The van der Waals surface area contributed by atoms with Crippen LogP contribution in [0.4, 0.5) is 0 Å². The van der Waals surface area contributed by atoms with Gasteiger partial charge in [0.05, 0.1) is 20.8 Å². The fraction of sp³-hybridized carbons (Fsp3) is 0.682. The third-order valence-corrected chi connectivity index (χ3v) is 6.10. The maximum atomic E-state index is 5.48. The molecule has 1 N–H and O–H groups in total. The Morgan fingerprint density at radius 1 is 1.07 bits per heavy atom. The van der Waals surface area contributed by atoms with Gasteiger partial charge in [-0.1, -0.05) is 0 Å². The lowest BCUT2D eigenvalue weighted by Gasteiger charge is -2.35. The van der Waals surface area contributed by atoms with Crippen LogP contribution in [-0.4, -0.2) is 83.5 Å².